The number of aryl methyl sites for hydroxylation is 1. The summed E-state index contributed by atoms with van der Waals surface area (Å²) in [6.45, 7) is 2.12. The third-order valence-electron chi connectivity index (χ3n) is 2.89. The molecule has 2 heteroatoms. The van der Waals surface area contributed by atoms with Crippen molar-refractivity contribution in [1.82, 2.24) is 9.38 Å². The van der Waals surface area contributed by atoms with Gasteiger partial charge in [0.15, 0.2) is 0 Å². The summed E-state index contributed by atoms with van der Waals surface area (Å²) in [6.07, 6.45) is 3.91. The molecule has 0 radical (unpaired) electrons. The topological polar surface area (TPSA) is 17.3 Å². The quantitative estimate of drug-likeness (QED) is 0.599. The number of hydrogen-bond acceptors (Lipinski definition) is 1. The highest BCUT2D eigenvalue weighted by Gasteiger charge is 2.05. The maximum absolute atomic E-state index is 4.39. The molecule has 16 heavy (non-hydrogen) atoms. The fourth-order valence-electron chi connectivity index (χ4n) is 2.05. The molecule has 0 aliphatic rings. The number of fused-ring (bicyclic) bond motifs is 1. The van der Waals surface area contributed by atoms with E-state index in [1.54, 1.807) is 0 Å². The molecule has 0 aromatic carbocycles. The van der Waals surface area contributed by atoms with Crippen LogP contribution in [0.15, 0.2) is 54.9 Å². The Morgan fingerprint density at radius 3 is 2.75 bits per heavy atom. The predicted octanol–water partition coefficient (Wildman–Crippen LogP) is 3.31. The van der Waals surface area contributed by atoms with E-state index in [4.69, 9.17) is 0 Å². The average molecular weight is 208 g/mol. The number of pyridine rings is 2. The molecule has 0 fully saturated rings. The lowest BCUT2D eigenvalue weighted by Gasteiger charge is -2.08. The third kappa shape index (κ3) is 1.31. The van der Waals surface area contributed by atoms with Gasteiger partial charge in [-0.1, -0.05) is 6.07 Å². The van der Waals surface area contributed by atoms with E-state index in [1.165, 1.54) is 16.8 Å². The van der Waals surface area contributed by atoms with Gasteiger partial charge in [0, 0.05) is 29.2 Å². The monoisotopic (exact) mass is 208 g/mol. The molecular formula is C14H12N2. The van der Waals surface area contributed by atoms with Crippen LogP contribution in [0.4, 0.5) is 0 Å². The highest BCUT2D eigenvalue weighted by atomic mass is 14.9. The second-order valence-electron chi connectivity index (χ2n) is 3.85. The average Bonchev–Trinajstić information content (AvgIpc) is 2.80. The minimum atomic E-state index is 1.02. The number of rotatable bonds is 1. The first-order valence-corrected chi connectivity index (χ1v) is 5.34. The molecule has 0 spiro atoms. The number of hydrogen-bond donors (Lipinski definition) is 0. The van der Waals surface area contributed by atoms with Crippen LogP contribution < -0.4 is 0 Å². The molecule has 0 atom stereocenters. The van der Waals surface area contributed by atoms with Crippen LogP contribution in [0.2, 0.25) is 0 Å². The van der Waals surface area contributed by atoms with Crippen molar-refractivity contribution in [3.63, 3.8) is 0 Å². The van der Waals surface area contributed by atoms with Crippen molar-refractivity contribution in [2.45, 2.75) is 6.92 Å². The highest BCUT2D eigenvalue weighted by Crippen LogP contribution is 2.22. The summed E-state index contributed by atoms with van der Waals surface area (Å²) >= 11 is 0. The summed E-state index contributed by atoms with van der Waals surface area (Å²) < 4.78 is 2.18. The van der Waals surface area contributed by atoms with E-state index >= 15 is 0 Å². The van der Waals surface area contributed by atoms with Crippen molar-refractivity contribution in [1.29, 1.82) is 0 Å². The van der Waals surface area contributed by atoms with Gasteiger partial charge in [-0.05, 0) is 43.3 Å². The molecule has 3 heterocycles. The van der Waals surface area contributed by atoms with Crippen molar-refractivity contribution in [3.05, 3.63) is 60.6 Å². The van der Waals surface area contributed by atoms with Crippen molar-refractivity contribution in [2.75, 3.05) is 0 Å². The van der Waals surface area contributed by atoms with Gasteiger partial charge >= 0.3 is 0 Å². The van der Waals surface area contributed by atoms with Gasteiger partial charge in [-0.2, -0.15) is 0 Å². The molecule has 0 saturated carbocycles. The summed E-state index contributed by atoms with van der Waals surface area (Å²) in [6, 6.07) is 14.4. The third-order valence-corrected chi connectivity index (χ3v) is 2.89. The Bertz CT molecular complexity index is 624. The molecule has 0 aliphatic carbocycles. The Morgan fingerprint density at radius 1 is 1.00 bits per heavy atom. The zero-order valence-corrected chi connectivity index (χ0v) is 9.09. The van der Waals surface area contributed by atoms with Gasteiger partial charge in [-0.3, -0.25) is 4.98 Å². The molecule has 0 bridgehead atoms. The SMILES string of the molecule is Cc1c(-c2ccccn2)ccc2cccn12. The smallest absolute Gasteiger partial charge is 0.0719 e. The number of nitrogens with zero attached hydrogens (tertiary/aromatic N) is 2. The molecule has 2 nitrogen and oxygen atoms in total. The summed E-state index contributed by atoms with van der Waals surface area (Å²) in [5.74, 6) is 0. The molecule has 0 unspecified atom stereocenters. The van der Waals surface area contributed by atoms with Crippen LogP contribution in [0.3, 0.4) is 0 Å². The fourth-order valence-corrected chi connectivity index (χ4v) is 2.05. The maximum atomic E-state index is 4.39. The minimum absolute atomic E-state index is 1.02. The lowest BCUT2D eigenvalue weighted by atomic mass is 10.1. The minimum Gasteiger partial charge on any atom is -0.321 e. The van der Waals surface area contributed by atoms with Crippen molar-refractivity contribution < 1.29 is 0 Å². The Morgan fingerprint density at radius 2 is 1.94 bits per heavy atom. The Kier molecular flexibility index (Phi) is 2.00. The Labute approximate surface area is 94.2 Å². The summed E-state index contributed by atoms with van der Waals surface area (Å²) in [5, 5.41) is 0. The molecule has 3 aromatic heterocycles. The standard InChI is InChI=1S/C14H12N2/c1-11-13(14-6-2-3-9-15-14)8-7-12-5-4-10-16(11)12/h2-10H,1H3. The van der Waals surface area contributed by atoms with Crippen LogP contribution in [-0.2, 0) is 0 Å². The van der Waals surface area contributed by atoms with Crippen molar-refractivity contribution >= 4 is 5.52 Å². The van der Waals surface area contributed by atoms with E-state index in [2.05, 4.69) is 46.8 Å². The maximum Gasteiger partial charge on any atom is 0.0719 e. The van der Waals surface area contributed by atoms with E-state index in [9.17, 15) is 0 Å². The van der Waals surface area contributed by atoms with Gasteiger partial charge in [0.05, 0.1) is 5.69 Å². The lowest BCUT2D eigenvalue weighted by molar-refractivity contribution is 1.10. The zero-order valence-electron chi connectivity index (χ0n) is 9.09. The highest BCUT2D eigenvalue weighted by molar-refractivity contribution is 5.66. The van der Waals surface area contributed by atoms with Gasteiger partial charge in [-0.25, -0.2) is 0 Å². The first kappa shape index (κ1) is 9.16. The van der Waals surface area contributed by atoms with Gasteiger partial charge in [-0.15, -0.1) is 0 Å². The first-order chi connectivity index (χ1) is 7.86. The first-order valence-electron chi connectivity index (χ1n) is 5.34. The van der Waals surface area contributed by atoms with E-state index in [0.717, 1.165) is 5.69 Å². The van der Waals surface area contributed by atoms with Crippen LogP contribution in [0.5, 0.6) is 0 Å². The molecule has 0 saturated heterocycles. The van der Waals surface area contributed by atoms with Crippen LogP contribution in [0, 0.1) is 6.92 Å². The number of aromatic nitrogens is 2. The Hall–Kier alpha value is -2.09. The van der Waals surface area contributed by atoms with Crippen LogP contribution >= 0.6 is 0 Å². The van der Waals surface area contributed by atoms with Crippen LogP contribution in [-0.4, -0.2) is 9.38 Å². The summed E-state index contributed by atoms with van der Waals surface area (Å²) in [7, 11) is 0. The molecule has 0 amide bonds. The van der Waals surface area contributed by atoms with Crippen molar-refractivity contribution in [3.8, 4) is 11.3 Å². The largest absolute Gasteiger partial charge is 0.321 e. The summed E-state index contributed by atoms with van der Waals surface area (Å²) in [5.41, 5.74) is 4.65. The molecule has 78 valence electrons. The van der Waals surface area contributed by atoms with Gasteiger partial charge in [0.2, 0.25) is 0 Å². The summed E-state index contributed by atoms with van der Waals surface area (Å²) in [4.78, 5) is 4.39. The fraction of sp³-hybridized carbons (Fsp3) is 0.0714. The Balaban J connectivity index is 2.28. The van der Waals surface area contributed by atoms with Gasteiger partial charge in [0.1, 0.15) is 0 Å². The zero-order chi connectivity index (χ0) is 11.0. The van der Waals surface area contributed by atoms with E-state index < -0.39 is 0 Å². The predicted molar refractivity (Wildman–Crippen MR) is 65.4 cm³/mol. The second kappa shape index (κ2) is 3.49. The van der Waals surface area contributed by atoms with Gasteiger partial charge in [0.25, 0.3) is 0 Å². The van der Waals surface area contributed by atoms with Crippen molar-refractivity contribution in [2.24, 2.45) is 0 Å². The van der Waals surface area contributed by atoms with Crippen LogP contribution in [0.1, 0.15) is 5.69 Å². The molecule has 3 aromatic rings. The van der Waals surface area contributed by atoms with Gasteiger partial charge < -0.3 is 4.40 Å². The molecule has 0 aliphatic heterocycles. The normalized spacial score (nSPS) is 10.8. The van der Waals surface area contributed by atoms with Crippen LogP contribution in [0.25, 0.3) is 16.8 Å². The van der Waals surface area contributed by atoms with E-state index in [1.807, 2.05) is 24.4 Å². The lowest BCUT2D eigenvalue weighted by Crippen LogP contribution is -1.94. The molecule has 0 N–H and O–H groups in total. The van der Waals surface area contributed by atoms with E-state index in [0.29, 0.717) is 0 Å². The molecular weight excluding hydrogens is 196 g/mol. The van der Waals surface area contributed by atoms with E-state index in [-0.39, 0.29) is 0 Å². The second-order valence-corrected chi connectivity index (χ2v) is 3.85. The molecule has 3 rings (SSSR count).